The number of benzene rings is 4. The standard InChI is InChI=1S/C34H31N3O5S/c38-33(36-19-16-28(17-20-36)34(39)40)27-8-6-24(7-9-27)23-37-21-18-29-22-30(12-15-32(29)37)35-43(41,42)31-13-10-26(11-14-31)25-4-2-1-3-5-25/h1-15,18,21-22,28,35H,16-17,19-20,23H2,(H,39,40). The number of hydrogen-bond acceptors (Lipinski definition) is 4. The molecule has 1 aromatic heterocycles. The van der Waals surface area contributed by atoms with Gasteiger partial charge in [-0.25, -0.2) is 8.42 Å². The summed E-state index contributed by atoms with van der Waals surface area (Å²) in [6.45, 7) is 1.48. The van der Waals surface area contributed by atoms with E-state index in [-0.39, 0.29) is 16.7 Å². The van der Waals surface area contributed by atoms with Crippen LogP contribution in [0, 0.1) is 5.92 Å². The van der Waals surface area contributed by atoms with Crippen LogP contribution in [-0.2, 0) is 21.4 Å². The molecule has 1 fully saturated rings. The third-order valence-electron chi connectivity index (χ3n) is 7.98. The molecule has 6 rings (SSSR count). The topological polar surface area (TPSA) is 109 Å². The van der Waals surface area contributed by atoms with Gasteiger partial charge in [0, 0.05) is 48.0 Å². The van der Waals surface area contributed by atoms with E-state index in [2.05, 4.69) is 9.29 Å². The number of sulfonamides is 1. The van der Waals surface area contributed by atoms with Crippen molar-refractivity contribution >= 4 is 38.5 Å². The summed E-state index contributed by atoms with van der Waals surface area (Å²) < 4.78 is 30.9. The Morgan fingerprint density at radius 3 is 2.16 bits per heavy atom. The number of hydrogen-bond donors (Lipinski definition) is 2. The number of rotatable bonds is 8. The first-order chi connectivity index (χ1) is 20.8. The third-order valence-corrected chi connectivity index (χ3v) is 9.38. The molecule has 43 heavy (non-hydrogen) atoms. The lowest BCUT2D eigenvalue weighted by atomic mass is 9.96. The minimum absolute atomic E-state index is 0.0797. The van der Waals surface area contributed by atoms with E-state index in [1.165, 1.54) is 0 Å². The maximum absolute atomic E-state index is 13.1. The molecule has 1 amide bonds. The van der Waals surface area contributed by atoms with Crippen molar-refractivity contribution in [3.8, 4) is 11.1 Å². The predicted molar refractivity (Wildman–Crippen MR) is 166 cm³/mol. The molecule has 4 aromatic carbocycles. The average molecular weight is 594 g/mol. The van der Waals surface area contributed by atoms with Crippen LogP contribution in [0.4, 0.5) is 5.69 Å². The molecule has 0 radical (unpaired) electrons. The molecule has 2 heterocycles. The summed E-state index contributed by atoms with van der Waals surface area (Å²) in [7, 11) is -3.76. The Balaban J connectivity index is 1.11. The third kappa shape index (κ3) is 6.17. The number of carboxylic acids is 1. The first kappa shape index (κ1) is 28.2. The molecule has 0 atom stereocenters. The summed E-state index contributed by atoms with van der Waals surface area (Å²) in [4.78, 5) is 26.0. The number of aromatic nitrogens is 1. The number of amides is 1. The van der Waals surface area contributed by atoms with E-state index in [1.807, 2.05) is 79.0 Å². The van der Waals surface area contributed by atoms with Crippen LogP contribution in [0.2, 0.25) is 0 Å². The Hall–Kier alpha value is -4.89. The number of nitrogens with zero attached hydrogens (tertiary/aromatic N) is 2. The van der Waals surface area contributed by atoms with Crippen molar-refractivity contribution < 1.29 is 23.1 Å². The van der Waals surface area contributed by atoms with Gasteiger partial charge in [-0.1, -0.05) is 54.6 Å². The zero-order chi connectivity index (χ0) is 30.0. The molecule has 5 aromatic rings. The summed E-state index contributed by atoms with van der Waals surface area (Å²) in [5, 5.41) is 10.1. The van der Waals surface area contributed by atoms with Gasteiger partial charge in [0.05, 0.1) is 10.8 Å². The second-order valence-electron chi connectivity index (χ2n) is 10.8. The number of carboxylic acid groups (broad SMARTS) is 1. The van der Waals surface area contributed by atoms with Crippen molar-refractivity contribution in [1.82, 2.24) is 9.47 Å². The number of carbonyl (C=O) groups excluding carboxylic acids is 1. The zero-order valence-corrected chi connectivity index (χ0v) is 24.2. The van der Waals surface area contributed by atoms with Crippen LogP contribution >= 0.6 is 0 Å². The van der Waals surface area contributed by atoms with Gasteiger partial charge < -0.3 is 14.6 Å². The largest absolute Gasteiger partial charge is 0.481 e. The molecule has 1 saturated heterocycles. The highest BCUT2D eigenvalue weighted by atomic mass is 32.2. The Labute approximate surface area is 250 Å². The molecule has 2 N–H and O–H groups in total. The highest BCUT2D eigenvalue weighted by Gasteiger charge is 2.27. The fourth-order valence-corrected chi connectivity index (χ4v) is 6.58. The number of carbonyl (C=O) groups is 2. The van der Waals surface area contributed by atoms with Crippen LogP contribution in [0.1, 0.15) is 28.8 Å². The first-order valence-corrected chi connectivity index (χ1v) is 15.6. The van der Waals surface area contributed by atoms with E-state index in [4.69, 9.17) is 0 Å². The van der Waals surface area contributed by atoms with Gasteiger partial charge >= 0.3 is 5.97 Å². The number of anilines is 1. The Morgan fingerprint density at radius 2 is 1.49 bits per heavy atom. The summed E-state index contributed by atoms with van der Waals surface area (Å²) >= 11 is 0. The molecule has 1 aliphatic rings. The van der Waals surface area contributed by atoms with Gasteiger partial charge in [0.1, 0.15) is 0 Å². The highest BCUT2D eigenvalue weighted by Crippen LogP contribution is 2.26. The predicted octanol–water partition coefficient (Wildman–Crippen LogP) is 6.09. The molecule has 0 spiro atoms. The Kier molecular flexibility index (Phi) is 7.73. The molecule has 0 aliphatic carbocycles. The van der Waals surface area contributed by atoms with E-state index >= 15 is 0 Å². The fourth-order valence-electron chi connectivity index (χ4n) is 5.53. The van der Waals surface area contributed by atoms with Crippen molar-refractivity contribution in [3.05, 3.63) is 120 Å². The Bertz CT molecular complexity index is 1870. The van der Waals surface area contributed by atoms with Crippen LogP contribution in [0.5, 0.6) is 0 Å². The summed E-state index contributed by atoms with van der Waals surface area (Å²) in [5.74, 6) is -1.25. The van der Waals surface area contributed by atoms with E-state index in [0.29, 0.717) is 43.7 Å². The lowest BCUT2D eigenvalue weighted by Crippen LogP contribution is -2.40. The SMILES string of the molecule is O=C(O)C1CCN(C(=O)c2ccc(Cn3ccc4cc(NS(=O)(=O)c5ccc(-c6ccccc6)cc5)ccc43)cc2)CC1. The summed E-state index contributed by atoms with van der Waals surface area (Å²) in [6.07, 6.45) is 2.91. The molecule has 9 heteroatoms. The normalized spacial score (nSPS) is 14.1. The van der Waals surface area contributed by atoms with Crippen molar-refractivity contribution in [2.45, 2.75) is 24.3 Å². The fraction of sp³-hybridized carbons (Fsp3) is 0.176. The molecule has 0 unspecified atom stereocenters. The van der Waals surface area contributed by atoms with Gasteiger partial charge in [-0.15, -0.1) is 0 Å². The van der Waals surface area contributed by atoms with Gasteiger partial charge in [0.25, 0.3) is 15.9 Å². The second-order valence-corrected chi connectivity index (χ2v) is 12.5. The first-order valence-electron chi connectivity index (χ1n) is 14.1. The van der Waals surface area contributed by atoms with E-state index in [9.17, 15) is 23.1 Å². The summed E-state index contributed by atoms with van der Waals surface area (Å²) in [5.41, 5.74) is 5.00. The molecular weight excluding hydrogens is 562 g/mol. The monoisotopic (exact) mass is 593 g/mol. The quantitative estimate of drug-likeness (QED) is 0.226. The van der Waals surface area contributed by atoms with Gasteiger partial charge in [-0.2, -0.15) is 0 Å². The van der Waals surface area contributed by atoms with Crippen molar-refractivity contribution in [1.29, 1.82) is 0 Å². The molecule has 0 saturated carbocycles. The average Bonchev–Trinajstić information content (AvgIpc) is 3.43. The zero-order valence-electron chi connectivity index (χ0n) is 23.4. The maximum Gasteiger partial charge on any atom is 0.306 e. The number of nitrogens with one attached hydrogen (secondary N) is 1. The number of aliphatic carboxylic acids is 1. The van der Waals surface area contributed by atoms with E-state index in [1.54, 1.807) is 35.2 Å². The van der Waals surface area contributed by atoms with E-state index < -0.39 is 16.0 Å². The maximum atomic E-state index is 13.1. The van der Waals surface area contributed by atoms with Crippen LogP contribution in [0.15, 0.2) is 114 Å². The van der Waals surface area contributed by atoms with Crippen LogP contribution in [0.25, 0.3) is 22.0 Å². The van der Waals surface area contributed by atoms with Crippen molar-refractivity contribution in [2.75, 3.05) is 17.8 Å². The lowest BCUT2D eigenvalue weighted by molar-refractivity contribution is -0.143. The van der Waals surface area contributed by atoms with E-state index in [0.717, 1.165) is 27.6 Å². The van der Waals surface area contributed by atoms with Gasteiger partial charge in [-0.05, 0) is 78.1 Å². The molecule has 0 bridgehead atoms. The Morgan fingerprint density at radius 1 is 0.814 bits per heavy atom. The highest BCUT2D eigenvalue weighted by molar-refractivity contribution is 7.92. The lowest BCUT2D eigenvalue weighted by Gasteiger charge is -2.30. The molecule has 8 nitrogen and oxygen atoms in total. The smallest absolute Gasteiger partial charge is 0.306 e. The van der Waals surface area contributed by atoms with Gasteiger partial charge in [-0.3, -0.25) is 14.3 Å². The minimum atomic E-state index is -3.76. The number of likely N-dealkylation sites (tertiary alicyclic amines) is 1. The van der Waals surface area contributed by atoms with Crippen molar-refractivity contribution in [2.24, 2.45) is 5.92 Å². The number of piperidine rings is 1. The molecule has 1 aliphatic heterocycles. The van der Waals surface area contributed by atoms with Crippen LogP contribution < -0.4 is 4.72 Å². The number of fused-ring (bicyclic) bond motifs is 1. The second kappa shape index (κ2) is 11.8. The summed E-state index contributed by atoms with van der Waals surface area (Å²) in [6, 6.07) is 31.5. The molecular formula is C34H31N3O5S. The molecule has 218 valence electrons. The van der Waals surface area contributed by atoms with Gasteiger partial charge in [0.15, 0.2) is 0 Å². The van der Waals surface area contributed by atoms with Crippen LogP contribution in [0.3, 0.4) is 0 Å². The van der Waals surface area contributed by atoms with Crippen LogP contribution in [-0.4, -0.2) is 48.0 Å². The van der Waals surface area contributed by atoms with Crippen molar-refractivity contribution in [3.63, 3.8) is 0 Å². The minimum Gasteiger partial charge on any atom is -0.481 e. The van der Waals surface area contributed by atoms with Gasteiger partial charge in [0.2, 0.25) is 0 Å².